The van der Waals surface area contributed by atoms with Gasteiger partial charge in [0.2, 0.25) is 0 Å². The van der Waals surface area contributed by atoms with Gasteiger partial charge in [-0.05, 0) is 12.8 Å². The van der Waals surface area contributed by atoms with Crippen LogP contribution < -0.4 is 11.3 Å². The SMILES string of the molecule is COCCCC(NN)c1cnnn1C. The van der Waals surface area contributed by atoms with E-state index in [9.17, 15) is 0 Å². The Morgan fingerprint density at radius 3 is 3.00 bits per heavy atom. The topological polar surface area (TPSA) is 78.0 Å². The molecule has 14 heavy (non-hydrogen) atoms. The average Bonchev–Trinajstić information content (AvgIpc) is 2.60. The van der Waals surface area contributed by atoms with E-state index in [0.717, 1.165) is 25.1 Å². The number of methoxy groups -OCH3 is 1. The smallest absolute Gasteiger partial charge is 0.0766 e. The van der Waals surface area contributed by atoms with Crippen LogP contribution in [0, 0.1) is 0 Å². The molecule has 1 aromatic rings. The molecule has 0 fully saturated rings. The molecule has 0 aliphatic heterocycles. The molecule has 80 valence electrons. The Bertz CT molecular complexity index is 262. The Hall–Kier alpha value is -0.980. The summed E-state index contributed by atoms with van der Waals surface area (Å²) in [4.78, 5) is 0. The summed E-state index contributed by atoms with van der Waals surface area (Å²) in [5.41, 5.74) is 3.74. The number of aromatic nitrogens is 3. The third kappa shape index (κ3) is 2.76. The summed E-state index contributed by atoms with van der Waals surface area (Å²) in [7, 11) is 3.54. The second-order valence-electron chi connectivity index (χ2n) is 3.14. The molecule has 1 rings (SSSR count). The van der Waals surface area contributed by atoms with Crippen LogP contribution in [0.2, 0.25) is 0 Å². The van der Waals surface area contributed by atoms with Gasteiger partial charge in [0.15, 0.2) is 0 Å². The van der Waals surface area contributed by atoms with E-state index in [2.05, 4.69) is 15.7 Å². The minimum Gasteiger partial charge on any atom is -0.385 e. The first-order valence-corrected chi connectivity index (χ1v) is 4.59. The minimum atomic E-state index is 0.0881. The van der Waals surface area contributed by atoms with E-state index in [-0.39, 0.29) is 6.04 Å². The van der Waals surface area contributed by atoms with E-state index < -0.39 is 0 Å². The number of ether oxygens (including phenoxy) is 1. The summed E-state index contributed by atoms with van der Waals surface area (Å²) < 4.78 is 6.70. The molecule has 0 spiro atoms. The van der Waals surface area contributed by atoms with Crippen LogP contribution in [0.25, 0.3) is 0 Å². The van der Waals surface area contributed by atoms with Gasteiger partial charge >= 0.3 is 0 Å². The molecular weight excluding hydrogens is 182 g/mol. The molecule has 0 saturated carbocycles. The lowest BCUT2D eigenvalue weighted by Gasteiger charge is -2.14. The van der Waals surface area contributed by atoms with Gasteiger partial charge in [-0.2, -0.15) is 0 Å². The first-order chi connectivity index (χ1) is 6.79. The summed E-state index contributed by atoms with van der Waals surface area (Å²) in [5.74, 6) is 5.46. The molecule has 1 heterocycles. The van der Waals surface area contributed by atoms with E-state index in [1.807, 2.05) is 7.05 Å². The third-order valence-electron chi connectivity index (χ3n) is 2.15. The van der Waals surface area contributed by atoms with Gasteiger partial charge in [0.25, 0.3) is 0 Å². The molecule has 0 aliphatic rings. The molecule has 1 atom stereocenters. The minimum absolute atomic E-state index is 0.0881. The van der Waals surface area contributed by atoms with Crippen molar-refractivity contribution in [3.8, 4) is 0 Å². The van der Waals surface area contributed by atoms with Crippen LogP contribution in [0.1, 0.15) is 24.6 Å². The number of rotatable bonds is 6. The second kappa shape index (κ2) is 5.69. The standard InChI is InChI=1S/C8H17N5O/c1-13-8(6-10-12-13)7(11-9)4-3-5-14-2/h6-7,11H,3-5,9H2,1-2H3. The van der Waals surface area contributed by atoms with Crippen molar-refractivity contribution in [2.75, 3.05) is 13.7 Å². The Kier molecular flexibility index (Phi) is 4.51. The summed E-state index contributed by atoms with van der Waals surface area (Å²) in [6, 6.07) is 0.0881. The van der Waals surface area contributed by atoms with Crippen LogP contribution in [-0.2, 0) is 11.8 Å². The molecule has 0 aromatic carbocycles. The highest BCUT2D eigenvalue weighted by atomic mass is 16.5. The first-order valence-electron chi connectivity index (χ1n) is 4.59. The number of nitrogens with zero attached hydrogens (tertiary/aromatic N) is 3. The van der Waals surface area contributed by atoms with Crippen molar-refractivity contribution in [1.82, 2.24) is 20.4 Å². The van der Waals surface area contributed by atoms with Crippen molar-refractivity contribution in [2.24, 2.45) is 12.9 Å². The Labute approximate surface area is 83.4 Å². The van der Waals surface area contributed by atoms with E-state index in [1.54, 1.807) is 18.0 Å². The highest BCUT2D eigenvalue weighted by Gasteiger charge is 2.13. The summed E-state index contributed by atoms with van der Waals surface area (Å²) >= 11 is 0. The van der Waals surface area contributed by atoms with Crippen LogP contribution >= 0.6 is 0 Å². The zero-order chi connectivity index (χ0) is 10.4. The van der Waals surface area contributed by atoms with Crippen LogP contribution in [-0.4, -0.2) is 28.7 Å². The van der Waals surface area contributed by atoms with Crippen LogP contribution in [0.5, 0.6) is 0 Å². The number of hydrazine groups is 1. The van der Waals surface area contributed by atoms with Crippen molar-refractivity contribution in [1.29, 1.82) is 0 Å². The average molecular weight is 199 g/mol. The van der Waals surface area contributed by atoms with Crippen LogP contribution in [0.3, 0.4) is 0 Å². The maximum Gasteiger partial charge on any atom is 0.0766 e. The zero-order valence-electron chi connectivity index (χ0n) is 8.60. The second-order valence-corrected chi connectivity index (χ2v) is 3.14. The van der Waals surface area contributed by atoms with E-state index in [0.29, 0.717) is 0 Å². The predicted molar refractivity (Wildman–Crippen MR) is 52.2 cm³/mol. The monoisotopic (exact) mass is 199 g/mol. The molecule has 0 radical (unpaired) electrons. The first kappa shape index (κ1) is 11.1. The van der Waals surface area contributed by atoms with Gasteiger partial charge in [-0.1, -0.05) is 5.21 Å². The van der Waals surface area contributed by atoms with E-state index in [1.165, 1.54) is 0 Å². The molecule has 1 aromatic heterocycles. The van der Waals surface area contributed by atoms with Gasteiger partial charge in [0, 0.05) is 20.8 Å². The quantitative estimate of drug-likeness (QED) is 0.375. The van der Waals surface area contributed by atoms with Gasteiger partial charge in [0.05, 0.1) is 17.9 Å². The van der Waals surface area contributed by atoms with Crippen molar-refractivity contribution in [2.45, 2.75) is 18.9 Å². The van der Waals surface area contributed by atoms with Crippen molar-refractivity contribution >= 4 is 0 Å². The Morgan fingerprint density at radius 1 is 1.71 bits per heavy atom. The zero-order valence-corrected chi connectivity index (χ0v) is 8.60. The highest BCUT2D eigenvalue weighted by molar-refractivity contribution is 5.00. The largest absolute Gasteiger partial charge is 0.385 e. The van der Waals surface area contributed by atoms with E-state index in [4.69, 9.17) is 10.6 Å². The maximum absolute atomic E-state index is 5.46. The number of nitrogens with one attached hydrogen (secondary N) is 1. The Balaban J connectivity index is 2.50. The van der Waals surface area contributed by atoms with Crippen LogP contribution in [0.15, 0.2) is 6.20 Å². The molecule has 0 bridgehead atoms. The van der Waals surface area contributed by atoms with Crippen molar-refractivity contribution < 1.29 is 4.74 Å². The third-order valence-corrected chi connectivity index (χ3v) is 2.15. The maximum atomic E-state index is 5.46. The molecule has 0 aliphatic carbocycles. The molecular formula is C8H17N5O. The lowest BCUT2D eigenvalue weighted by atomic mass is 10.1. The van der Waals surface area contributed by atoms with E-state index >= 15 is 0 Å². The molecule has 0 amide bonds. The summed E-state index contributed by atoms with van der Waals surface area (Å²) in [6.07, 6.45) is 3.58. The number of hydrogen-bond donors (Lipinski definition) is 2. The van der Waals surface area contributed by atoms with Crippen molar-refractivity contribution in [3.63, 3.8) is 0 Å². The number of aryl methyl sites for hydroxylation is 1. The molecule has 6 nitrogen and oxygen atoms in total. The fraction of sp³-hybridized carbons (Fsp3) is 0.750. The lowest BCUT2D eigenvalue weighted by molar-refractivity contribution is 0.188. The van der Waals surface area contributed by atoms with Gasteiger partial charge in [-0.3, -0.25) is 16.0 Å². The number of hydrogen-bond acceptors (Lipinski definition) is 5. The predicted octanol–water partition coefficient (Wildman–Crippen LogP) is -0.254. The van der Waals surface area contributed by atoms with Gasteiger partial charge in [0.1, 0.15) is 0 Å². The normalized spacial score (nSPS) is 13.1. The Morgan fingerprint density at radius 2 is 2.50 bits per heavy atom. The van der Waals surface area contributed by atoms with Gasteiger partial charge in [-0.25, -0.2) is 0 Å². The molecule has 6 heteroatoms. The van der Waals surface area contributed by atoms with Crippen molar-refractivity contribution in [3.05, 3.63) is 11.9 Å². The lowest BCUT2D eigenvalue weighted by Crippen LogP contribution is -2.29. The summed E-state index contributed by atoms with van der Waals surface area (Å²) in [5, 5.41) is 7.66. The van der Waals surface area contributed by atoms with Crippen LogP contribution in [0.4, 0.5) is 0 Å². The number of nitrogens with two attached hydrogens (primary N) is 1. The molecule has 0 saturated heterocycles. The summed E-state index contributed by atoms with van der Waals surface area (Å²) in [6.45, 7) is 0.740. The fourth-order valence-electron chi connectivity index (χ4n) is 1.36. The molecule has 3 N–H and O–H groups in total. The fourth-order valence-corrected chi connectivity index (χ4v) is 1.36. The van der Waals surface area contributed by atoms with Gasteiger partial charge < -0.3 is 4.74 Å². The van der Waals surface area contributed by atoms with Gasteiger partial charge in [-0.15, -0.1) is 5.10 Å². The molecule has 1 unspecified atom stereocenters. The highest BCUT2D eigenvalue weighted by Crippen LogP contribution is 2.15.